The molecule has 1 aliphatic heterocycles. The first-order valence-electron chi connectivity index (χ1n) is 11.0. The number of aromatic nitrogens is 4. The van der Waals surface area contributed by atoms with Crippen LogP contribution in [0.15, 0.2) is 28.7 Å². The summed E-state index contributed by atoms with van der Waals surface area (Å²) in [6.45, 7) is 5.81. The van der Waals surface area contributed by atoms with Crippen LogP contribution in [-0.2, 0) is 17.7 Å². The van der Waals surface area contributed by atoms with Gasteiger partial charge in [-0.3, -0.25) is 4.79 Å². The van der Waals surface area contributed by atoms with Gasteiger partial charge in [-0.1, -0.05) is 17.8 Å². The molecule has 0 N–H and O–H groups in total. The van der Waals surface area contributed by atoms with E-state index in [9.17, 15) is 4.79 Å². The summed E-state index contributed by atoms with van der Waals surface area (Å²) < 4.78 is 10.3. The first kappa shape index (κ1) is 21.0. The molecule has 4 heterocycles. The zero-order chi connectivity index (χ0) is 21.4. The van der Waals surface area contributed by atoms with Crippen molar-refractivity contribution >= 4 is 28.9 Å². The van der Waals surface area contributed by atoms with Gasteiger partial charge < -0.3 is 13.9 Å². The van der Waals surface area contributed by atoms with Crippen LogP contribution < -0.4 is 0 Å². The maximum absolute atomic E-state index is 13.1. The van der Waals surface area contributed by atoms with Gasteiger partial charge in [0.1, 0.15) is 5.82 Å². The highest BCUT2D eigenvalue weighted by Crippen LogP contribution is 2.39. The first-order chi connectivity index (χ1) is 15.1. The Morgan fingerprint density at radius 3 is 2.87 bits per heavy atom. The van der Waals surface area contributed by atoms with Crippen LogP contribution in [0.3, 0.4) is 0 Å². The summed E-state index contributed by atoms with van der Waals surface area (Å²) >= 11 is 3.26. The van der Waals surface area contributed by atoms with Crippen LogP contribution in [-0.4, -0.2) is 43.6 Å². The van der Waals surface area contributed by atoms with E-state index in [1.54, 1.807) is 11.3 Å². The van der Waals surface area contributed by atoms with E-state index < -0.39 is 0 Å². The van der Waals surface area contributed by atoms with Gasteiger partial charge in [0.15, 0.2) is 10.9 Å². The predicted molar refractivity (Wildman–Crippen MR) is 123 cm³/mol. The highest BCUT2D eigenvalue weighted by molar-refractivity contribution is 7.99. The summed E-state index contributed by atoms with van der Waals surface area (Å²) in [6.07, 6.45) is 5.63. The largest absolute Gasteiger partial charge is 0.376 e. The fourth-order valence-electron chi connectivity index (χ4n) is 4.36. The Labute approximate surface area is 191 Å². The van der Waals surface area contributed by atoms with E-state index in [4.69, 9.17) is 4.74 Å². The van der Waals surface area contributed by atoms with Crippen LogP contribution in [0.2, 0.25) is 0 Å². The van der Waals surface area contributed by atoms with Gasteiger partial charge >= 0.3 is 0 Å². The minimum absolute atomic E-state index is 0.154. The molecule has 0 spiro atoms. The predicted octanol–water partition coefficient (Wildman–Crippen LogP) is 4.84. The molecule has 0 amide bonds. The van der Waals surface area contributed by atoms with E-state index in [1.165, 1.54) is 29.5 Å². The molecule has 2 aliphatic rings. The maximum atomic E-state index is 13.1. The Morgan fingerprint density at radius 2 is 2.16 bits per heavy atom. The third-order valence-electron chi connectivity index (χ3n) is 6.18. The average Bonchev–Trinajstić information content (AvgIpc) is 3.15. The SMILES string of the molecule is Cc1cc(C(=O)CSc2nnc(Cc3cccs3)n2C2CC2)c(C)n1C[C@H]1CCCO1. The van der Waals surface area contributed by atoms with Crippen LogP contribution in [0.5, 0.6) is 0 Å². The third-order valence-corrected chi connectivity index (χ3v) is 8.00. The van der Waals surface area contributed by atoms with Crippen molar-refractivity contribution in [2.45, 2.75) is 69.8 Å². The van der Waals surface area contributed by atoms with Gasteiger partial charge in [0.25, 0.3) is 0 Å². The Morgan fingerprint density at radius 1 is 1.29 bits per heavy atom. The lowest BCUT2D eigenvalue weighted by molar-refractivity contribution is 0.0957. The molecule has 1 saturated carbocycles. The third kappa shape index (κ3) is 4.52. The average molecular weight is 457 g/mol. The highest BCUT2D eigenvalue weighted by Gasteiger charge is 2.30. The van der Waals surface area contributed by atoms with Crippen LogP contribution in [0, 0.1) is 13.8 Å². The Hall–Kier alpha value is -1.90. The van der Waals surface area contributed by atoms with Gasteiger partial charge in [-0.2, -0.15) is 0 Å². The van der Waals surface area contributed by atoms with Crippen molar-refractivity contribution in [1.29, 1.82) is 0 Å². The Balaban J connectivity index is 1.28. The second-order valence-corrected chi connectivity index (χ2v) is 10.5. The molecule has 3 aromatic heterocycles. The topological polar surface area (TPSA) is 61.9 Å². The van der Waals surface area contributed by atoms with E-state index in [1.807, 2.05) is 13.0 Å². The molecule has 0 radical (unpaired) electrons. The molecule has 2 fully saturated rings. The molecule has 31 heavy (non-hydrogen) atoms. The van der Waals surface area contributed by atoms with Crippen LogP contribution in [0.25, 0.3) is 0 Å². The summed E-state index contributed by atoms with van der Waals surface area (Å²) in [5.41, 5.74) is 2.99. The number of ether oxygens (including phenoxy) is 1. The summed E-state index contributed by atoms with van der Waals surface area (Å²) in [7, 11) is 0. The normalized spacial score (nSPS) is 18.7. The van der Waals surface area contributed by atoms with Crippen molar-refractivity contribution in [2.75, 3.05) is 12.4 Å². The van der Waals surface area contributed by atoms with Crippen molar-refractivity contribution in [2.24, 2.45) is 0 Å². The molecule has 6 nitrogen and oxygen atoms in total. The lowest BCUT2D eigenvalue weighted by atomic mass is 10.2. The Kier molecular flexibility index (Phi) is 6.03. The molecule has 0 unspecified atom stereocenters. The number of thiophene rings is 1. The molecule has 1 saturated heterocycles. The fourth-order valence-corrected chi connectivity index (χ4v) is 5.97. The van der Waals surface area contributed by atoms with E-state index in [0.717, 1.165) is 60.3 Å². The molecule has 5 rings (SSSR count). The molecular formula is C23H28N4O2S2. The summed E-state index contributed by atoms with van der Waals surface area (Å²) in [5.74, 6) is 1.55. The van der Waals surface area contributed by atoms with E-state index in [0.29, 0.717) is 11.8 Å². The van der Waals surface area contributed by atoms with E-state index in [2.05, 4.69) is 43.8 Å². The molecule has 1 aliphatic carbocycles. The van der Waals surface area contributed by atoms with Crippen molar-refractivity contribution in [3.05, 3.63) is 51.2 Å². The van der Waals surface area contributed by atoms with Gasteiger partial charge in [-0.25, -0.2) is 0 Å². The van der Waals surface area contributed by atoms with Crippen molar-refractivity contribution < 1.29 is 9.53 Å². The van der Waals surface area contributed by atoms with Crippen molar-refractivity contribution in [1.82, 2.24) is 19.3 Å². The number of ketones is 1. The number of rotatable bonds is 9. The summed E-state index contributed by atoms with van der Waals surface area (Å²) in [4.78, 5) is 14.4. The monoisotopic (exact) mass is 456 g/mol. The fraction of sp³-hybridized carbons (Fsp3) is 0.522. The molecule has 0 aromatic carbocycles. The smallest absolute Gasteiger partial charge is 0.191 e. The minimum atomic E-state index is 0.154. The number of Topliss-reactive ketones (excluding diaryl/α,β-unsaturated/α-hetero) is 1. The van der Waals surface area contributed by atoms with Gasteiger partial charge in [0.2, 0.25) is 0 Å². The number of carbonyl (C=O) groups excluding carboxylic acids is 1. The standard InChI is InChI=1S/C23H28N4O2S2/c1-15-11-20(16(2)26(15)13-18-5-3-9-29-18)21(28)14-31-23-25-24-22(27(23)17-7-8-17)12-19-6-4-10-30-19/h4,6,10-11,17-18H,3,5,7-9,12-14H2,1-2H3/t18-/m1/s1. The van der Waals surface area contributed by atoms with Crippen LogP contribution >= 0.6 is 23.1 Å². The number of thioether (sulfide) groups is 1. The lowest BCUT2D eigenvalue weighted by Crippen LogP contribution is -2.17. The van der Waals surface area contributed by atoms with Gasteiger partial charge in [0, 0.05) is 47.4 Å². The molecular weight excluding hydrogens is 428 g/mol. The minimum Gasteiger partial charge on any atom is -0.376 e. The quantitative estimate of drug-likeness (QED) is 0.341. The van der Waals surface area contributed by atoms with Gasteiger partial charge in [-0.05, 0) is 57.0 Å². The second-order valence-electron chi connectivity index (χ2n) is 8.50. The summed E-state index contributed by atoms with van der Waals surface area (Å²) in [6, 6.07) is 6.72. The van der Waals surface area contributed by atoms with Gasteiger partial charge in [-0.15, -0.1) is 21.5 Å². The van der Waals surface area contributed by atoms with Gasteiger partial charge in [0.05, 0.1) is 11.9 Å². The van der Waals surface area contributed by atoms with E-state index in [-0.39, 0.29) is 11.9 Å². The van der Waals surface area contributed by atoms with E-state index >= 15 is 0 Å². The van der Waals surface area contributed by atoms with Crippen molar-refractivity contribution in [3.8, 4) is 0 Å². The number of carbonyl (C=O) groups is 1. The number of aryl methyl sites for hydroxylation is 1. The Bertz CT molecular complexity index is 1060. The van der Waals surface area contributed by atoms with Crippen LogP contribution in [0.1, 0.15) is 64.2 Å². The molecule has 8 heteroatoms. The summed E-state index contributed by atoms with van der Waals surface area (Å²) in [5, 5.41) is 11.9. The second kappa shape index (κ2) is 8.92. The molecule has 1 atom stereocenters. The lowest BCUT2D eigenvalue weighted by Gasteiger charge is -2.14. The molecule has 164 valence electrons. The maximum Gasteiger partial charge on any atom is 0.191 e. The number of hydrogen-bond acceptors (Lipinski definition) is 6. The first-order valence-corrected chi connectivity index (χ1v) is 12.9. The number of hydrogen-bond donors (Lipinski definition) is 0. The molecule has 3 aromatic rings. The van der Waals surface area contributed by atoms with Crippen LogP contribution in [0.4, 0.5) is 0 Å². The zero-order valence-electron chi connectivity index (χ0n) is 18.0. The molecule has 0 bridgehead atoms. The van der Waals surface area contributed by atoms with Crippen molar-refractivity contribution in [3.63, 3.8) is 0 Å². The zero-order valence-corrected chi connectivity index (χ0v) is 19.7. The highest BCUT2D eigenvalue weighted by atomic mass is 32.2. The number of nitrogens with zero attached hydrogens (tertiary/aromatic N) is 4.